The maximum atomic E-state index is 5.93. The monoisotopic (exact) mass is 148 g/mol. The van der Waals surface area contributed by atoms with E-state index in [-0.39, 0.29) is 5.38 Å². The molecule has 2 heteroatoms. The molecule has 0 spiro atoms. The number of hydrogen-bond acceptors (Lipinski definition) is 1. The van der Waals surface area contributed by atoms with Crippen molar-refractivity contribution in [2.24, 2.45) is 5.92 Å². The van der Waals surface area contributed by atoms with Crippen LogP contribution in [0.4, 0.5) is 0 Å². The van der Waals surface area contributed by atoms with Crippen LogP contribution in [-0.4, -0.2) is 18.6 Å². The van der Waals surface area contributed by atoms with Gasteiger partial charge in [-0.2, -0.15) is 0 Å². The highest BCUT2D eigenvalue weighted by Gasteiger charge is 2.29. The third-order valence-corrected chi connectivity index (χ3v) is 2.10. The fraction of sp³-hybridized carbons (Fsp3) is 1.00. The maximum Gasteiger partial charge on any atom is 0.0632 e. The molecule has 0 saturated heterocycles. The molecule has 1 fully saturated rings. The van der Waals surface area contributed by atoms with Crippen molar-refractivity contribution in [3.8, 4) is 0 Å². The van der Waals surface area contributed by atoms with Gasteiger partial charge < -0.3 is 4.74 Å². The van der Waals surface area contributed by atoms with Crippen molar-refractivity contribution >= 4 is 11.6 Å². The number of rotatable bonds is 4. The molecule has 0 N–H and O–H groups in total. The summed E-state index contributed by atoms with van der Waals surface area (Å²) in [6, 6.07) is 0. The lowest BCUT2D eigenvalue weighted by Gasteiger charge is -2.05. The number of alkyl halides is 1. The Morgan fingerprint density at radius 3 is 2.78 bits per heavy atom. The van der Waals surface area contributed by atoms with Crippen molar-refractivity contribution in [1.29, 1.82) is 0 Å². The SMILES string of the molecule is CCOCC(Cl)C1CC1. The average molecular weight is 149 g/mol. The van der Waals surface area contributed by atoms with Crippen molar-refractivity contribution in [3.63, 3.8) is 0 Å². The fourth-order valence-corrected chi connectivity index (χ4v) is 1.17. The molecule has 1 aliphatic carbocycles. The van der Waals surface area contributed by atoms with Gasteiger partial charge in [0, 0.05) is 6.61 Å². The molecule has 0 aromatic heterocycles. The summed E-state index contributed by atoms with van der Waals surface area (Å²) in [7, 11) is 0. The van der Waals surface area contributed by atoms with Crippen molar-refractivity contribution in [2.75, 3.05) is 13.2 Å². The van der Waals surface area contributed by atoms with E-state index < -0.39 is 0 Å². The molecule has 0 aromatic carbocycles. The Morgan fingerprint density at radius 1 is 1.67 bits per heavy atom. The predicted octanol–water partition coefficient (Wildman–Crippen LogP) is 2.04. The van der Waals surface area contributed by atoms with Crippen molar-refractivity contribution < 1.29 is 4.74 Å². The molecule has 0 bridgehead atoms. The Labute approximate surface area is 61.3 Å². The average Bonchev–Trinajstić information content (AvgIpc) is 2.63. The minimum atomic E-state index is 0.282. The molecule has 0 aliphatic heterocycles. The number of hydrogen-bond donors (Lipinski definition) is 0. The van der Waals surface area contributed by atoms with Gasteiger partial charge in [-0.1, -0.05) is 0 Å². The highest BCUT2D eigenvalue weighted by Crippen LogP contribution is 2.35. The van der Waals surface area contributed by atoms with E-state index in [2.05, 4.69) is 0 Å². The maximum absolute atomic E-state index is 5.93. The smallest absolute Gasteiger partial charge is 0.0632 e. The van der Waals surface area contributed by atoms with Crippen LogP contribution in [0.25, 0.3) is 0 Å². The molecular weight excluding hydrogens is 136 g/mol. The molecule has 0 aromatic rings. The Bertz CT molecular complexity index is 81.0. The molecule has 0 radical (unpaired) electrons. The summed E-state index contributed by atoms with van der Waals surface area (Å²) in [6.45, 7) is 3.52. The lowest BCUT2D eigenvalue weighted by atomic mass is 10.3. The van der Waals surface area contributed by atoms with E-state index in [9.17, 15) is 0 Å². The zero-order chi connectivity index (χ0) is 6.69. The zero-order valence-corrected chi connectivity index (χ0v) is 6.53. The van der Waals surface area contributed by atoms with Crippen molar-refractivity contribution in [1.82, 2.24) is 0 Å². The summed E-state index contributed by atoms with van der Waals surface area (Å²) in [4.78, 5) is 0. The van der Waals surface area contributed by atoms with Crippen LogP contribution < -0.4 is 0 Å². The Kier molecular flexibility index (Phi) is 2.80. The molecule has 0 heterocycles. The molecule has 1 rings (SSSR count). The second-order valence-corrected chi connectivity index (χ2v) is 3.07. The predicted molar refractivity (Wildman–Crippen MR) is 38.9 cm³/mol. The van der Waals surface area contributed by atoms with E-state index >= 15 is 0 Å². The first-order valence-corrected chi connectivity index (χ1v) is 4.00. The van der Waals surface area contributed by atoms with Gasteiger partial charge in [-0.25, -0.2) is 0 Å². The highest BCUT2D eigenvalue weighted by atomic mass is 35.5. The third kappa shape index (κ3) is 2.55. The Morgan fingerprint density at radius 2 is 2.33 bits per heavy atom. The van der Waals surface area contributed by atoms with E-state index in [0.29, 0.717) is 0 Å². The quantitative estimate of drug-likeness (QED) is 0.555. The molecule has 1 saturated carbocycles. The molecule has 1 aliphatic rings. The summed E-state index contributed by atoms with van der Waals surface area (Å²) in [5.74, 6) is 0.762. The van der Waals surface area contributed by atoms with E-state index in [1.165, 1.54) is 12.8 Å². The first-order chi connectivity index (χ1) is 4.34. The summed E-state index contributed by atoms with van der Waals surface area (Å²) in [5.41, 5.74) is 0. The van der Waals surface area contributed by atoms with Crippen LogP contribution in [0.2, 0.25) is 0 Å². The molecule has 1 nitrogen and oxygen atoms in total. The van der Waals surface area contributed by atoms with Gasteiger partial charge in [-0.15, -0.1) is 11.6 Å². The van der Waals surface area contributed by atoms with Crippen LogP contribution in [0.3, 0.4) is 0 Å². The minimum absolute atomic E-state index is 0.282. The number of halogens is 1. The van der Waals surface area contributed by atoms with Crippen molar-refractivity contribution in [2.45, 2.75) is 25.1 Å². The summed E-state index contributed by atoms with van der Waals surface area (Å²) in [6.07, 6.45) is 2.61. The second-order valence-electron chi connectivity index (χ2n) is 2.51. The second kappa shape index (κ2) is 3.43. The molecule has 1 unspecified atom stereocenters. The molecule has 1 atom stereocenters. The van der Waals surface area contributed by atoms with E-state index in [4.69, 9.17) is 16.3 Å². The van der Waals surface area contributed by atoms with Gasteiger partial charge in [-0.3, -0.25) is 0 Å². The summed E-state index contributed by atoms with van der Waals surface area (Å²) < 4.78 is 5.16. The largest absolute Gasteiger partial charge is 0.380 e. The molecule has 0 amide bonds. The van der Waals surface area contributed by atoms with Gasteiger partial charge in [0.15, 0.2) is 0 Å². The van der Waals surface area contributed by atoms with Crippen LogP contribution in [0.15, 0.2) is 0 Å². The standard InChI is InChI=1S/C7H13ClO/c1-2-9-5-7(8)6-3-4-6/h6-7H,2-5H2,1H3. The summed E-state index contributed by atoms with van der Waals surface area (Å²) >= 11 is 5.93. The van der Waals surface area contributed by atoms with E-state index in [1.54, 1.807) is 0 Å². The lowest BCUT2D eigenvalue weighted by molar-refractivity contribution is 0.143. The minimum Gasteiger partial charge on any atom is -0.380 e. The van der Waals surface area contributed by atoms with Gasteiger partial charge in [0.25, 0.3) is 0 Å². The van der Waals surface area contributed by atoms with Crippen molar-refractivity contribution in [3.05, 3.63) is 0 Å². The summed E-state index contributed by atoms with van der Waals surface area (Å²) in [5, 5.41) is 0.282. The molecule has 54 valence electrons. The number of ether oxygens (including phenoxy) is 1. The lowest BCUT2D eigenvalue weighted by Crippen LogP contribution is -2.10. The Hall–Kier alpha value is 0.250. The third-order valence-electron chi connectivity index (χ3n) is 1.61. The van der Waals surface area contributed by atoms with E-state index in [0.717, 1.165) is 19.1 Å². The van der Waals surface area contributed by atoms with Crippen LogP contribution >= 0.6 is 11.6 Å². The normalized spacial score (nSPS) is 22.0. The van der Waals surface area contributed by atoms with Crippen LogP contribution in [-0.2, 0) is 4.74 Å². The van der Waals surface area contributed by atoms with Crippen LogP contribution in [0, 0.1) is 5.92 Å². The zero-order valence-electron chi connectivity index (χ0n) is 5.77. The fourth-order valence-electron chi connectivity index (χ4n) is 0.824. The van der Waals surface area contributed by atoms with Gasteiger partial charge in [0.2, 0.25) is 0 Å². The highest BCUT2D eigenvalue weighted by molar-refractivity contribution is 6.21. The first kappa shape index (κ1) is 7.36. The first-order valence-electron chi connectivity index (χ1n) is 3.56. The van der Waals surface area contributed by atoms with Gasteiger partial charge in [0.1, 0.15) is 0 Å². The van der Waals surface area contributed by atoms with E-state index in [1.807, 2.05) is 6.92 Å². The van der Waals surface area contributed by atoms with Gasteiger partial charge in [0.05, 0.1) is 12.0 Å². The van der Waals surface area contributed by atoms with Crippen LogP contribution in [0.1, 0.15) is 19.8 Å². The van der Waals surface area contributed by atoms with Gasteiger partial charge in [-0.05, 0) is 25.7 Å². The Balaban J connectivity index is 1.96. The molecular formula is C7H13ClO. The molecule has 9 heavy (non-hydrogen) atoms. The van der Waals surface area contributed by atoms with Gasteiger partial charge >= 0.3 is 0 Å². The van der Waals surface area contributed by atoms with Crippen LogP contribution in [0.5, 0.6) is 0 Å². The topological polar surface area (TPSA) is 9.23 Å².